The molecule has 0 aromatic rings. The summed E-state index contributed by atoms with van der Waals surface area (Å²) < 4.78 is 0. The van der Waals surface area contributed by atoms with Gasteiger partial charge in [-0.2, -0.15) is 0 Å². The SMILES string of the molecule is CC(C)CCC[C@@H](C)CC=C[C@@H](C)O. The van der Waals surface area contributed by atoms with Crippen molar-refractivity contribution in [3.05, 3.63) is 12.2 Å². The van der Waals surface area contributed by atoms with E-state index >= 15 is 0 Å². The third kappa shape index (κ3) is 9.79. The maximum Gasteiger partial charge on any atom is 0.0692 e. The number of aliphatic hydroxyl groups excluding tert-OH is 1. The van der Waals surface area contributed by atoms with Gasteiger partial charge >= 0.3 is 0 Å². The molecule has 0 heterocycles. The molecule has 0 rings (SSSR count). The van der Waals surface area contributed by atoms with E-state index in [-0.39, 0.29) is 6.10 Å². The predicted molar refractivity (Wildman–Crippen MR) is 63.3 cm³/mol. The fourth-order valence-electron chi connectivity index (χ4n) is 1.50. The van der Waals surface area contributed by atoms with Crippen LogP contribution in [0.3, 0.4) is 0 Å². The van der Waals surface area contributed by atoms with Gasteiger partial charge in [0.15, 0.2) is 0 Å². The first-order valence-corrected chi connectivity index (χ1v) is 5.87. The molecule has 0 unspecified atom stereocenters. The quantitative estimate of drug-likeness (QED) is 0.617. The van der Waals surface area contributed by atoms with E-state index in [1.54, 1.807) is 6.92 Å². The highest BCUT2D eigenvalue weighted by molar-refractivity contribution is 4.87. The molecule has 0 aliphatic heterocycles. The highest BCUT2D eigenvalue weighted by atomic mass is 16.3. The normalized spacial score (nSPS) is 16.4. The van der Waals surface area contributed by atoms with E-state index in [0.717, 1.165) is 18.3 Å². The van der Waals surface area contributed by atoms with Gasteiger partial charge in [-0.3, -0.25) is 0 Å². The first-order valence-electron chi connectivity index (χ1n) is 5.87. The lowest BCUT2D eigenvalue weighted by Crippen LogP contribution is -1.97. The number of allylic oxidation sites excluding steroid dienone is 1. The Bertz CT molecular complexity index is 147. The molecule has 0 saturated carbocycles. The molecule has 84 valence electrons. The largest absolute Gasteiger partial charge is 0.389 e. The Hall–Kier alpha value is -0.300. The first-order chi connectivity index (χ1) is 6.52. The van der Waals surface area contributed by atoms with Crippen molar-refractivity contribution in [1.82, 2.24) is 0 Å². The average molecular weight is 198 g/mol. The molecule has 1 heteroatoms. The minimum absolute atomic E-state index is 0.294. The Balaban J connectivity index is 3.41. The molecule has 14 heavy (non-hydrogen) atoms. The lowest BCUT2D eigenvalue weighted by molar-refractivity contribution is 0.243. The zero-order chi connectivity index (χ0) is 11.0. The van der Waals surface area contributed by atoms with Crippen LogP contribution in [-0.4, -0.2) is 11.2 Å². The molecule has 0 fully saturated rings. The van der Waals surface area contributed by atoms with E-state index in [9.17, 15) is 0 Å². The van der Waals surface area contributed by atoms with Crippen LogP contribution in [0.15, 0.2) is 12.2 Å². The smallest absolute Gasteiger partial charge is 0.0692 e. The van der Waals surface area contributed by atoms with Gasteiger partial charge in [-0.25, -0.2) is 0 Å². The number of hydrogen-bond acceptors (Lipinski definition) is 1. The van der Waals surface area contributed by atoms with E-state index in [2.05, 4.69) is 26.8 Å². The lowest BCUT2D eigenvalue weighted by atomic mass is 9.97. The topological polar surface area (TPSA) is 20.2 Å². The Morgan fingerprint density at radius 2 is 1.71 bits per heavy atom. The minimum Gasteiger partial charge on any atom is -0.389 e. The standard InChI is InChI=1S/C13H26O/c1-11(2)7-5-8-12(3)9-6-10-13(4)14/h6,10-14H,5,7-9H2,1-4H3/t12-,13-/m1/s1. The van der Waals surface area contributed by atoms with Crippen LogP contribution in [0.1, 0.15) is 53.4 Å². The van der Waals surface area contributed by atoms with Crippen LogP contribution in [0, 0.1) is 11.8 Å². The maximum absolute atomic E-state index is 9.03. The van der Waals surface area contributed by atoms with Crippen LogP contribution in [-0.2, 0) is 0 Å². The molecule has 0 aliphatic rings. The molecular weight excluding hydrogens is 172 g/mol. The second-order valence-corrected chi connectivity index (χ2v) is 4.83. The number of aliphatic hydroxyl groups is 1. The monoisotopic (exact) mass is 198 g/mol. The second-order valence-electron chi connectivity index (χ2n) is 4.83. The number of rotatable bonds is 7. The molecule has 1 nitrogen and oxygen atoms in total. The molecule has 0 bridgehead atoms. The summed E-state index contributed by atoms with van der Waals surface area (Å²) in [6.07, 6.45) is 8.76. The summed E-state index contributed by atoms with van der Waals surface area (Å²) in [4.78, 5) is 0. The summed E-state index contributed by atoms with van der Waals surface area (Å²) >= 11 is 0. The highest BCUT2D eigenvalue weighted by Crippen LogP contribution is 2.15. The van der Waals surface area contributed by atoms with Crippen LogP contribution in [0.2, 0.25) is 0 Å². The second kappa shape index (κ2) is 8.05. The summed E-state index contributed by atoms with van der Waals surface area (Å²) in [5.41, 5.74) is 0. The van der Waals surface area contributed by atoms with Crippen LogP contribution in [0.5, 0.6) is 0 Å². The van der Waals surface area contributed by atoms with Gasteiger partial charge in [-0.05, 0) is 25.2 Å². The predicted octanol–water partition coefficient (Wildman–Crippen LogP) is 3.78. The van der Waals surface area contributed by atoms with Gasteiger partial charge in [-0.15, -0.1) is 0 Å². The molecule has 0 saturated heterocycles. The third-order valence-corrected chi connectivity index (χ3v) is 2.43. The van der Waals surface area contributed by atoms with E-state index in [4.69, 9.17) is 5.11 Å². The summed E-state index contributed by atoms with van der Waals surface area (Å²) in [6, 6.07) is 0. The molecule has 2 atom stereocenters. The minimum atomic E-state index is -0.294. The summed E-state index contributed by atoms with van der Waals surface area (Å²) in [6.45, 7) is 8.63. The van der Waals surface area contributed by atoms with Gasteiger partial charge in [0, 0.05) is 0 Å². The van der Waals surface area contributed by atoms with E-state index in [0.29, 0.717) is 0 Å². The molecule has 0 radical (unpaired) electrons. The van der Waals surface area contributed by atoms with Crippen LogP contribution in [0.4, 0.5) is 0 Å². The Morgan fingerprint density at radius 1 is 1.07 bits per heavy atom. The van der Waals surface area contributed by atoms with Gasteiger partial charge in [0.05, 0.1) is 6.10 Å². The third-order valence-electron chi connectivity index (χ3n) is 2.43. The first kappa shape index (κ1) is 13.7. The fourth-order valence-corrected chi connectivity index (χ4v) is 1.50. The van der Waals surface area contributed by atoms with Crippen molar-refractivity contribution >= 4 is 0 Å². The van der Waals surface area contributed by atoms with Crippen molar-refractivity contribution in [3.63, 3.8) is 0 Å². The van der Waals surface area contributed by atoms with E-state index in [1.165, 1.54) is 19.3 Å². The highest BCUT2D eigenvalue weighted by Gasteiger charge is 2.01. The molecule has 0 spiro atoms. The average Bonchev–Trinajstić information content (AvgIpc) is 2.02. The maximum atomic E-state index is 9.03. The van der Waals surface area contributed by atoms with Crippen molar-refractivity contribution in [2.45, 2.75) is 59.5 Å². The van der Waals surface area contributed by atoms with Crippen molar-refractivity contribution in [3.8, 4) is 0 Å². The van der Waals surface area contributed by atoms with Crippen molar-refractivity contribution < 1.29 is 5.11 Å². The van der Waals surface area contributed by atoms with E-state index in [1.807, 2.05) is 6.08 Å². The van der Waals surface area contributed by atoms with Gasteiger partial charge in [-0.1, -0.05) is 52.2 Å². The zero-order valence-electron chi connectivity index (χ0n) is 10.2. The van der Waals surface area contributed by atoms with Gasteiger partial charge in [0.25, 0.3) is 0 Å². The van der Waals surface area contributed by atoms with Crippen molar-refractivity contribution in [2.24, 2.45) is 11.8 Å². The van der Waals surface area contributed by atoms with Crippen LogP contribution in [0.25, 0.3) is 0 Å². The van der Waals surface area contributed by atoms with Crippen LogP contribution < -0.4 is 0 Å². The zero-order valence-corrected chi connectivity index (χ0v) is 10.2. The Kier molecular flexibility index (Phi) is 7.87. The molecule has 0 amide bonds. The van der Waals surface area contributed by atoms with E-state index < -0.39 is 0 Å². The van der Waals surface area contributed by atoms with Crippen molar-refractivity contribution in [1.29, 1.82) is 0 Å². The molecule has 0 aliphatic carbocycles. The summed E-state index contributed by atoms with van der Waals surface area (Å²) in [5.74, 6) is 1.58. The molecule has 0 aromatic carbocycles. The molecule has 0 aromatic heterocycles. The molecule has 1 N–H and O–H groups in total. The van der Waals surface area contributed by atoms with Crippen LogP contribution >= 0.6 is 0 Å². The summed E-state index contributed by atoms with van der Waals surface area (Å²) in [5, 5.41) is 9.03. The number of hydrogen-bond donors (Lipinski definition) is 1. The molecular formula is C13H26O. The van der Waals surface area contributed by atoms with Gasteiger partial charge in [0.1, 0.15) is 0 Å². The summed E-state index contributed by atoms with van der Waals surface area (Å²) in [7, 11) is 0. The Morgan fingerprint density at radius 3 is 2.21 bits per heavy atom. The Labute approximate surface area is 89.2 Å². The van der Waals surface area contributed by atoms with Gasteiger partial charge in [0.2, 0.25) is 0 Å². The van der Waals surface area contributed by atoms with Gasteiger partial charge < -0.3 is 5.11 Å². The van der Waals surface area contributed by atoms with Crippen molar-refractivity contribution in [2.75, 3.05) is 0 Å². The lowest BCUT2D eigenvalue weighted by Gasteiger charge is -2.09. The fraction of sp³-hybridized carbons (Fsp3) is 0.846.